The Morgan fingerprint density at radius 2 is 2.00 bits per heavy atom. The molecule has 0 bridgehead atoms. The Bertz CT molecular complexity index is 467. The number of halogens is 2. The standard InChI is InChI=1S/C13H17F2N3O/c14-8-5-6-11(9(15)7-8)17-13(19)18-12-4-2-1-3-10(12)16/h5-7,10,12H,1-4,16H2,(H2,17,18,19). The van der Waals surface area contributed by atoms with Crippen molar-refractivity contribution in [3.63, 3.8) is 0 Å². The molecule has 2 rings (SSSR count). The van der Waals surface area contributed by atoms with Gasteiger partial charge >= 0.3 is 6.03 Å². The van der Waals surface area contributed by atoms with Crippen LogP contribution in [0.5, 0.6) is 0 Å². The number of carbonyl (C=O) groups excluding carboxylic acids is 1. The SMILES string of the molecule is NC1CCCCC1NC(=O)Nc1ccc(F)cc1F. The summed E-state index contributed by atoms with van der Waals surface area (Å²) in [6.45, 7) is 0. The number of nitrogens with two attached hydrogens (primary N) is 1. The van der Waals surface area contributed by atoms with E-state index in [2.05, 4.69) is 10.6 Å². The molecule has 0 saturated heterocycles. The number of benzene rings is 1. The van der Waals surface area contributed by atoms with Crippen molar-refractivity contribution in [1.29, 1.82) is 0 Å². The molecule has 0 aliphatic heterocycles. The number of anilines is 1. The zero-order valence-corrected chi connectivity index (χ0v) is 10.5. The monoisotopic (exact) mass is 269 g/mol. The summed E-state index contributed by atoms with van der Waals surface area (Å²) >= 11 is 0. The van der Waals surface area contributed by atoms with Crippen LogP contribution in [0.1, 0.15) is 25.7 Å². The first kappa shape index (κ1) is 13.7. The zero-order chi connectivity index (χ0) is 13.8. The highest BCUT2D eigenvalue weighted by Crippen LogP contribution is 2.18. The van der Waals surface area contributed by atoms with E-state index < -0.39 is 17.7 Å². The van der Waals surface area contributed by atoms with Gasteiger partial charge in [-0.05, 0) is 25.0 Å². The van der Waals surface area contributed by atoms with Crippen LogP contribution in [-0.4, -0.2) is 18.1 Å². The van der Waals surface area contributed by atoms with Gasteiger partial charge in [-0.2, -0.15) is 0 Å². The molecule has 104 valence electrons. The summed E-state index contributed by atoms with van der Waals surface area (Å²) in [5.74, 6) is -1.49. The molecule has 2 amide bonds. The van der Waals surface area contributed by atoms with E-state index >= 15 is 0 Å². The quantitative estimate of drug-likeness (QED) is 0.771. The third-order valence-electron chi connectivity index (χ3n) is 3.32. The van der Waals surface area contributed by atoms with Crippen molar-refractivity contribution in [3.05, 3.63) is 29.8 Å². The van der Waals surface area contributed by atoms with Gasteiger partial charge in [0.05, 0.1) is 5.69 Å². The molecule has 0 heterocycles. The van der Waals surface area contributed by atoms with Gasteiger partial charge in [0.15, 0.2) is 0 Å². The maximum atomic E-state index is 13.4. The lowest BCUT2D eigenvalue weighted by Gasteiger charge is -2.29. The molecule has 1 aliphatic carbocycles. The van der Waals surface area contributed by atoms with Crippen molar-refractivity contribution in [2.45, 2.75) is 37.8 Å². The van der Waals surface area contributed by atoms with Gasteiger partial charge in [-0.3, -0.25) is 0 Å². The summed E-state index contributed by atoms with van der Waals surface area (Å²) in [4.78, 5) is 11.7. The lowest BCUT2D eigenvalue weighted by molar-refractivity contribution is 0.240. The molecule has 1 fully saturated rings. The van der Waals surface area contributed by atoms with Crippen LogP contribution < -0.4 is 16.4 Å². The van der Waals surface area contributed by atoms with Gasteiger partial charge in [-0.25, -0.2) is 13.6 Å². The average Bonchev–Trinajstić information content (AvgIpc) is 2.36. The normalized spacial score (nSPS) is 22.9. The van der Waals surface area contributed by atoms with Crippen molar-refractivity contribution >= 4 is 11.7 Å². The molecule has 0 radical (unpaired) electrons. The zero-order valence-electron chi connectivity index (χ0n) is 10.5. The van der Waals surface area contributed by atoms with Crippen molar-refractivity contribution in [3.8, 4) is 0 Å². The van der Waals surface area contributed by atoms with E-state index in [4.69, 9.17) is 5.73 Å². The van der Waals surface area contributed by atoms with Gasteiger partial charge in [0.1, 0.15) is 11.6 Å². The minimum atomic E-state index is -0.803. The first-order valence-corrected chi connectivity index (χ1v) is 6.34. The summed E-state index contributed by atoms with van der Waals surface area (Å²) in [6, 6.07) is 2.31. The maximum Gasteiger partial charge on any atom is 0.319 e. The van der Waals surface area contributed by atoms with Crippen LogP contribution in [0.4, 0.5) is 19.3 Å². The molecular formula is C13H17F2N3O. The van der Waals surface area contributed by atoms with Crippen LogP contribution in [0.25, 0.3) is 0 Å². The Labute approximate surface area is 110 Å². The number of urea groups is 1. The predicted molar refractivity (Wildman–Crippen MR) is 68.7 cm³/mol. The third-order valence-corrected chi connectivity index (χ3v) is 3.32. The van der Waals surface area contributed by atoms with Gasteiger partial charge in [-0.15, -0.1) is 0 Å². The number of carbonyl (C=O) groups is 1. The number of rotatable bonds is 2. The fourth-order valence-corrected chi connectivity index (χ4v) is 2.26. The highest BCUT2D eigenvalue weighted by atomic mass is 19.1. The van der Waals surface area contributed by atoms with Crippen LogP contribution in [0, 0.1) is 11.6 Å². The number of amides is 2. The van der Waals surface area contributed by atoms with Gasteiger partial charge in [0.25, 0.3) is 0 Å². The molecule has 4 nitrogen and oxygen atoms in total. The third kappa shape index (κ3) is 3.64. The van der Waals surface area contributed by atoms with E-state index in [-0.39, 0.29) is 17.8 Å². The van der Waals surface area contributed by atoms with Crippen LogP contribution in [-0.2, 0) is 0 Å². The second-order valence-electron chi connectivity index (χ2n) is 4.78. The molecule has 1 aromatic carbocycles. The highest BCUT2D eigenvalue weighted by molar-refractivity contribution is 5.89. The van der Waals surface area contributed by atoms with Crippen LogP contribution in [0.3, 0.4) is 0 Å². The van der Waals surface area contributed by atoms with Gasteiger partial charge < -0.3 is 16.4 Å². The van der Waals surface area contributed by atoms with Crippen LogP contribution in [0.2, 0.25) is 0 Å². The average molecular weight is 269 g/mol. The predicted octanol–water partition coefficient (Wildman–Crippen LogP) is 2.36. The fourth-order valence-electron chi connectivity index (χ4n) is 2.26. The van der Waals surface area contributed by atoms with Crippen LogP contribution >= 0.6 is 0 Å². The topological polar surface area (TPSA) is 67.1 Å². The van der Waals surface area contributed by atoms with E-state index in [0.717, 1.165) is 37.8 Å². The Morgan fingerprint density at radius 3 is 2.68 bits per heavy atom. The van der Waals surface area contributed by atoms with E-state index in [9.17, 15) is 13.6 Å². The van der Waals surface area contributed by atoms with Gasteiger partial charge in [-0.1, -0.05) is 12.8 Å². The largest absolute Gasteiger partial charge is 0.334 e. The van der Waals surface area contributed by atoms with Crippen LogP contribution in [0.15, 0.2) is 18.2 Å². The second-order valence-corrected chi connectivity index (χ2v) is 4.78. The van der Waals surface area contributed by atoms with Crippen molar-refractivity contribution < 1.29 is 13.6 Å². The molecule has 1 saturated carbocycles. The minimum Gasteiger partial charge on any atom is -0.334 e. The molecular weight excluding hydrogens is 252 g/mol. The summed E-state index contributed by atoms with van der Waals surface area (Å²) in [5.41, 5.74) is 5.85. The maximum absolute atomic E-state index is 13.4. The summed E-state index contributed by atoms with van der Waals surface area (Å²) in [6.07, 6.45) is 3.77. The van der Waals surface area contributed by atoms with E-state index in [0.29, 0.717) is 0 Å². The molecule has 1 aliphatic rings. The van der Waals surface area contributed by atoms with E-state index in [1.54, 1.807) is 0 Å². The van der Waals surface area contributed by atoms with E-state index in [1.165, 1.54) is 6.07 Å². The summed E-state index contributed by atoms with van der Waals surface area (Å²) < 4.78 is 26.1. The van der Waals surface area contributed by atoms with Gasteiger partial charge in [0, 0.05) is 18.2 Å². The number of hydrogen-bond acceptors (Lipinski definition) is 2. The lowest BCUT2D eigenvalue weighted by atomic mass is 9.91. The van der Waals surface area contributed by atoms with Gasteiger partial charge in [0.2, 0.25) is 0 Å². The molecule has 2 atom stereocenters. The van der Waals surface area contributed by atoms with Crippen molar-refractivity contribution in [2.75, 3.05) is 5.32 Å². The summed E-state index contributed by atoms with van der Waals surface area (Å²) in [5, 5.41) is 5.08. The molecule has 19 heavy (non-hydrogen) atoms. The Kier molecular flexibility index (Phi) is 4.31. The lowest BCUT2D eigenvalue weighted by Crippen LogP contribution is -2.50. The molecule has 6 heteroatoms. The molecule has 4 N–H and O–H groups in total. The first-order valence-electron chi connectivity index (χ1n) is 6.34. The molecule has 0 aromatic heterocycles. The molecule has 0 spiro atoms. The highest BCUT2D eigenvalue weighted by Gasteiger charge is 2.23. The van der Waals surface area contributed by atoms with E-state index in [1.807, 2.05) is 0 Å². The summed E-state index contributed by atoms with van der Waals surface area (Å²) in [7, 11) is 0. The Hall–Kier alpha value is -1.69. The fraction of sp³-hybridized carbons (Fsp3) is 0.462. The number of hydrogen-bond donors (Lipinski definition) is 3. The smallest absolute Gasteiger partial charge is 0.319 e. The molecule has 1 aromatic rings. The first-order chi connectivity index (χ1) is 9.06. The van der Waals surface area contributed by atoms with Crippen molar-refractivity contribution in [1.82, 2.24) is 5.32 Å². The number of nitrogens with one attached hydrogen (secondary N) is 2. The molecule has 2 unspecified atom stereocenters. The minimum absolute atomic E-state index is 0.0525. The second kappa shape index (κ2) is 5.97. The Morgan fingerprint density at radius 1 is 1.26 bits per heavy atom. The van der Waals surface area contributed by atoms with Crippen molar-refractivity contribution in [2.24, 2.45) is 5.73 Å². The Balaban J connectivity index is 1.93.